The first-order chi connectivity index (χ1) is 14.6. The predicted molar refractivity (Wildman–Crippen MR) is 122 cm³/mol. The van der Waals surface area contributed by atoms with Gasteiger partial charge in [-0.15, -0.1) is 11.3 Å². The van der Waals surface area contributed by atoms with E-state index in [1.54, 1.807) is 48.8 Å². The molecular weight excluding hydrogens is 464 g/mol. The number of halogens is 1. The van der Waals surface area contributed by atoms with E-state index < -0.39 is 0 Å². The molecule has 8 heteroatoms. The van der Waals surface area contributed by atoms with Crippen LogP contribution in [0, 0.1) is 0 Å². The summed E-state index contributed by atoms with van der Waals surface area (Å²) in [4.78, 5) is 34.0. The molecular formula is C22H15BrN4O2S. The third-order valence-electron chi connectivity index (χ3n) is 4.10. The van der Waals surface area contributed by atoms with Gasteiger partial charge in [-0.2, -0.15) is 0 Å². The first-order valence-corrected chi connectivity index (χ1v) is 10.5. The minimum Gasteiger partial charge on any atom is -0.321 e. The highest BCUT2D eigenvalue weighted by Gasteiger charge is 2.13. The lowest BCUT2D eigenvalue weighted by molar-refractivity contribution is 0.101. The van der Waals surface area contributed by atoms with E-state index in [1.165, 1.54) is 11.3 Å². The Hall–Kier alpha value is -3.36. The molecule has 0 saturated heterocycles. The standard InChI is InChI=1S/C22H15BrN4O2S/c23-16-9-10-19(24-12-16)27-20(28)15-7-4-8-17(11-15)26-21(29)18-13-25-22(30-18)14-5-2-1-3-6-14/h1-13H,(H,26,29)(H,24,27,28). The van der Waals surface area contributed by atoms with E-state index in [4.69, 9.17) is 0 Å². The van der Waals surface area contributed by atoms with Crippen LogP contribution in [0.25, 0.3) is 10.6 Å². The molecule has 4 aromatic rings. The van der Waals surface area contributed by atoms with Crippen LogP contribution < -0.4 is 10.6 Å². The molecule has 0 atom stereocenters. The van der Waals surface area contributed by atoms with E-state index in [2.05, 4.69) is 36.5 Å². The van der Waals surface area contributed by atoms with E-state index >= 15 is 0 Å². The van der Waals surface area contributed by atoms with E-state index in [-0.39, 0.29) is 11.8 Å². The van der Waals surface area contributed by atoms with Gasteiger partial charge in [-0.3, -0.25) is 9.59 Å². The van der Waals surface area contributed by atoms with Crippen molar-refractivity contribution in [2.45, 2.75) is 0 Å². The number of hydrogen-bond acceptors (Lipinski definition) is 5. The SMILES string of the molecule is O=C(Nc1ccc(Br)cn1)c1cccc(NC(=O)c2cnc(-c3ccccc3)s2)c1. The largest absolute Gasteiger partial charge is 0.321 e. The summed E-state index contributed by atoms with van der Waals surface area (Å²) >= 11 is 4.62. The minimum absolute atomic E-state index is 0.276. The topological polar surface area (TPSA) is 84.0 Å². The zero-order valence-electron chi connectivity index (χ0n) is 15.5. The van der Waals surface area contributed by atoms with Gasteiger partial charge in [0.25, 0.3) is 11.8 Å². The van der Waals surface area contributed by atoms with E-state index in [1.807, 2.05) is 30.3 Å². The van der Waals surface area contributed by atoms with Gasteiger partial charge in [0.2, 0.25) is 0 Å². The van der Waals surface area contributed by atoms with Gasteiger partial charge >= 0.3 is 0 Å². The van der Waals surface area contributed by atoms with Gasteiger partial charge in [0.1, 0.15) is 15.7 Å². The lowest BCUT2D eigenvalue weighted by Crippen LogP contribution is -2.14. The van der Waals surface area contributed by atoms with Crippen molar-refractivity contribution in [3.63, 3.8) is 0 Å². The Kier molecular flexibility index (Phi) is 5.97. The average Bonchev–Trinajstić information content (AvgIpc) is 3.27. The maximum Gasteiger partial charge on any atom is 0.267 e. The number of carbonyl (C=O) groups excluding carboxylic acids is 2. The van der Waals surface area contributed by atoms with Gasteiger partial charge in [0.15, 0.2) is 0 Å². The van der Waals surface area contributed by atoms with Crippen LogP contribution in [0.3, 0.4) is 0 Å². The van der Waals surface area contributed by atoms with Crippen LogP contribution in [0.1, 0.15) is 20.0 Å². The molecule has 0 spiro atoms. The molecule has 0 aliphatic carbocycles. The number of pyridine rings is 1. The number of benzene rings is 2. The molecule has 2 amide bonds. The summed E-state index contributed by atoms with van der Waals surface area (Å²) in [5.41, 5.74) is 1.89. The second-order valence-corrected chi connectivity index (χ2v) is 8.19. The van der Waals surface area contributed by atoms with E-state index in [0.717, 1.165) is 15.0 Å². The molecule has 6 nitrogen and oxygen atoms in total. The van der Waals surface area contributed by atoms with Gasteiger partial charge in [0.05, 0.1) is 6.20 Å². The Balaban J connectivity index is 1.45. The quantitative estimate of drug-likeness (QED) is 0.398. The fourth-order valence-corrected chi connectivity index (χ4v) is 3.71. The third-order valence-corrected chi connectivity index (χ3v) is 5.62. The minimum atomic E-state index is -0.315. The number of aromatic nitrogens is 2. The number of nitrogens with zero attached hydrogens (tertiary/aromatic N) is 2. The Bertz CT molecular complexity index is 1190. The lowest BCUT2D eigenvalue weighted by Gasteiger charge is -2.07. The predicted octanol–water partition coefficient (Wildman–Crippen LogP) is 5.47. The third kappa shape index (κ3) is 4.79. The van der Waals surface area contributed by atoms with Crippen molar-refractivity contribution in [1.82, 2.24) is 9.97 Å². The molecule has 0 saturated carbocycles. The lowest BCUT2D eigenvalue weighted by atomic mass is 10.2. The molecule has 0 aliphatic heterocycles. The number of rotatable bonds is 5. The summed E-state index contributed by atoms with van der Waals surface area (Å²) in [6.45, 7) is 0. The zero-order chi connectivity index (χ0) is 20.9. The van der Waals surface area contributed by atoms with Crippen LogP contribution in [0.2, 0.25) is 0 Å². The van der Waals surface area contributed by atoms with Crippen LogP contribution in [-0.4, -0.2) is 21.8 Å². The van der Waals surface area contributed by atoms with Crippen LogP contribution in [0.5, 0.6) is 0 Å². The normalized spacial score (nSPS) is 10.4. The Labute approximate surface area is 185 Å². The van der Waals surface area contributed by atoms with Crippen molar-refractivity contribution < 1.29 is 9.59 Å². The smallest absolute Gasteiger partial charge is 0.267 e. The Morgan fingerprint density at radius 3 is 2.43 bits per heavy atom. The highest BCUT2D eigenvalue weighted by Crippen LogP contribution is 2.25. The van der Waals surface area contributed by atoms with Crippen LogP contribution >= 0.6 is 27.3 Å². The van der Waals surface area contributed by atoms with Crippen molar-refractivity contribution in [3.8, 4) is 10.6 Å². The zero-order valence-corrected chi connectivity index (χ0v) is 17.9. The van der Waals surface area contributed by atoms with E-state index in [9.17, 15) is 9.59 Å². The van der Waals surface area contributed by atoms with Gasteiger partial charge in [0, 0.05) is 27.5 Å². The summed E-state index contributed by atoms with van der Waals surface area (Å²) in [6.07, 6.45) is 3.16. The molecule has 0 radical (unpaired) electrons. The van der Waals surface area contributed by atoms with Crippen LogP contribution in [0.15, 0.2) is 83.6 Å². The summed E-state index contributed by atoms with van der Waals surface area (Å²) in [7, 11) is 0. The summed E-state index contributed by atoms with van der Waals surface area (Å²) in [6, 6.07) is 19.9. The van der Waals surface area contributed by atoms with Gasteiger partial charge < -0.3 is 10.6 Å². The van der Waals surface area contributed by atoms with Gasteiger partial charge in [-0.05, 0) is 46.3 Å². The molecule has 2 N–H and O–H groups in total. The molecule has 30 heavy (non-hydrogen) atoms. The van der Waals surface area contributed by atoms with Crippen molar-refractivity contribution in [2.75, 3.05) is 10.6 Å². The van der Waals surface area contributed by atoms with E-state index in [0.29, 0.717) is 21.9 Å². The molecule has 0 unspecified atom stereocenters. The number of carbonyl (C=O) groups is 2. The van der Waals surface area contributed by atoms with Gasteiger partial charge in [-0.1, -0.05) is 36.4 Å². The van der Waals surface area contributed by atoms with Crippen molar-refractivity contribution in [3.05, 3.63) is 94.0 Å². The summed E-state index contributed by atoms with van der Waals surface area (Å²) < 4.78 is 0.823. The maximum atomic E-state index is 12.6. The second-order valence-electron chi connectivity index (χ2n) is 6.25. The Morgan fingerprint density at radius 2 is 1.67 bits per heavy atom. The maximum absolute atomic E-state index is 12.6. The van der Waals surface area contributed by atoms with Crippen LogP contribution in [-0.2, 0) is 0 Å². The molecule has 2 heterocycles. The molecule has 2 aromatic carbocycles. The number of hydrogen-bond donors (Lipinski definition) is 2. The number of anilines is 2. The highest BCUT2D eigenvalue weighted by molar-refractivity contribution is 9.10. The fraction of sp³-hybridized carbons (Fsp3) is 0. The summed E-state index contributed by atoms with van der Waals surface area (Å²) in [5, 5.41) is 6.32. The monoisotopic (exact) mass is 478 g/mol. The van der Waals surface area contributed by atoms with Crippen molar-refractivity contribution in [1.29, 1.82) is 0 Å². The second kappa shape index (κ2) is 8.98. The van der Waals surface area contributed by atoms with Crippen LogP contribution in [0.4, 0.5) is 11.5 Å². The first-order valence-electron chi connectivity index (χ1n) is 8.94. The van der Waals surface area contributed by atoms with Crippen molar-refractivity contribution in [2.24, 2.45) is 0 Å². The first kappa shape index (κ1) is 19.9. The molecule has 148 valence electrons. The summed E-state index contributed by atoms with van der Waals surface area (Å²) in [5.74, 6) is -0.150. The molecule has 0 fully saturated rings. The molecule has 4 rings (SSSR count). The highest BCUT2D eigenvalue weighted by atomic mass is 79.9. The van der Waals surface area contributed by atoms with Crippen molar-refractivity contribution >= 4 is 50.6 Å². The average molecular weight is 479 g/mol. The number of thiazole rings is 1. The molecule has 0 aliphatic rings. The fourth-order valence-electron chi connectivity index (χ4n) is 2.66. The molecule has 2 aromatic heterocycles. The Morgan fingerprint density at radius 1 is 0.833 bits per heavy atom. The van der Waals surface area contributed by atoms with Gasteiger partial charge in [-0.25, -0.2) is 9.97 Å². The number of amides is 2. The molecule has 0 bridgehead atoms. The number of nitrogens with one attached hydrogen (secondary N) is 2.